The predicted molar refractivity (Wildman–Crippen MR) is 59.1 cm³/mol. The average Bonchev–Trinajstić information content (AvgIpc) is 2.28. The molecule has 1 aliphatic heterocycles. The van der Waals surface area contributed by atoms with Crippen LogP contribution in [-0.4, -0.2) is 12.7 Å². The van der Waals surface area contributed by atoms with Gasteiger partial charge in [-0.05, 0) is 31.4 Å². The van der Waals surface area contributed by atoms with Crippen molar-refractivity contribution in [3.63, 3.8) is 0 Å². The molecule has 0 bridgehead atoms. The third kappa shape index (κ3) is 2.00. The Hall–Kier alpha value is -1.22. The summed E-state index contributed by atoms with van der Waals surface area (Å²) in [7, 11) is 0. The van der Waals surface area contributed by atoms with E-state index in [0.717, 1.165) is 12.0 Å². The van der Waals surface area contributed by atoms with Gasteiger partial charge in [0, 0.05) is 5.56 Å². The van der Waals surface area contributed by atoms with Crippen molar-refractivity contribution in [2.75, 3.05) is 6.61 Å². The maximum Gasteiger partial charge on any atom is 0.166 e. The average molecular weight is 224 g/mol. The van der Waals surface area contributed by atoms with Gasteiger partial charge in [0.15, 0.2) is 11.6 Å². The van der Waals surface area contributed by atoms with Gasteiger partial charge in [0.2, 0.25) is 0 Å². The van der Waals surface area contributed by atoms with Gasteiger partial charge >= 0.3 is 0 Å². The summed E-state index contributed by atoms with van der Waals surface area (Å²) < 4.78 is 32.5. The van der Waals surface area contributed by atoms with Crippen molar-refractivity contribution in [1.29, 1.82) is 0 Å². The molecule has 1 aromatic rings. The molecule has 1 aromatic carbocycles. The van der Waals surface area contributed by atoms with Gasteiger partial charge in [0.25, 0.3) is 0 Å². The third-order valence-corrected chi connectivity index (χ3v) is 2.84. The van der Waals surface area contributed by atoms with Gasteiger partial charge < -0.3 is 4.74 Å². The van der Waals surface area contributed by atoms with Gasteiger partial charge in [-0.25, -0.2) is 8.78 Å². The fourth-order valence-corrected chi connectivity index (χ4v) is 1.75. The zero-order valence-corrected chi connectivity index (χ0v) is 9.39. The SMILES string of the molecule is Cc1ccc(C2=CCC(C)OC2)c(F)c1F. The van der Waals surface area contributed by atoms with Gasteiger partial charge in [-0.2, -0.15) is 0 Å². The van der Waals surface area contributed by atoms with Gasteiger partial charge in [0.05, 0.1) is 12.7 Å². The Kier molecular flexibility index (Phi) is 3.06. The number of rotatable bonds is 1. The number of hydrogen-bond donors (Lipinski definition) is 0. The lowest BCUT2D eigenvalue weighted by atomic mass is 10.00. The molecule has 0 aromatic heterocycles. The van der Waals surface area contributed by atoms with Crippen molar-refractivity contribution in [2.45, 2.75) is 26.4 Å². The number of aryl methyl sites for hydroxylation is 1. The van der Waals surface area contributed by atoms with E-state index in [1.54, 1.807) is 19.1 Å². The van der Waals surface area contributed by atoms with Crippen molar-refractivity contribution in [3.8, 4) is 0 Å². The molecule has 16 heavy (non-hydrogen) atoms. The molecule has 1 heterocycles. The molecule has 0 amide bonds. The fourth-order valence-electron chi connectivity index (χ4n) is 1.75. The van der Waals surface area contributed by atoms with E-state index in [0.29, 0.717) is 17.7 Å². The van der Waals surface area contributed by atoms with Crippen molar-refractivity contribution in [3.05, 3.63) is 41.0 Å². The highest BCUT2D eigenvalue weighted by atomic mass is 19.2. The van der Waals surface area contributed by atoms with E-state index in [4.69, 9.17) is 4.74 Å². The third-order valence-electron chi connectivity index (χ3n) is 2.84. The van der Waals surface area contributed by atoms with Gasteiger partial charge in [-0.1, -0.05) is 18.2 Å². The largest absolute Gasteiger partial charge is 0.373 e. The van der Waals surface area contributed by atoms with Gasteiger partial charge in [-0.15, -0.1) is 0 Å². The maximum atomic E-state index is 13.7. The van der Waals surface area contributed by atoms with Crippen molar-refractivity contribution < 1.29 is 13.5 Å². The minimum absolute atomic E-state index is 0.155. The van der Waals surface area contributed by atoms with Crippen LogP contribution in [0.3, 0.4) is 0 Å². The van der Waals surface area contributed by atoms with E-state index in [-0.39, 0.29) is 6.10 Å². The highest BCUT2D eigenvalue weighted by Gasteiger charge is 2.17. The van der Waals surface area contributed by atoms with Crippen LogP contribution in [0.1, 0.15) is 24.5 Å². The summed E-state index contributed by atoms with van der Waals surface area (Å²) in [4.78, 5) is 0. The summed E-state index contributed by atoms with van der Waals surface area (Å²) in [6.45, 7) is 3.86. The molecule has 0 fully saturated rings. The van der Waals surface area contributed by atoms with E-state index >= 15 is 0 Å². The fraction of sp³-hybridized carbons (Fsp3) is 0.385. The van der Waals surface area contributed by atoms with E-state index in [9.17, 15) is 8.78 Å². The Morgan fingerprint density at radius 1 is 1.25 bits per heavy atom. The van der Waals surface area contributed by atoms with E-state index in [1.807, 2.05) is 13.0 Å². The Bertz CT molecular complexity index is 438. The zero-order chi connectivity index (χ0) is 11.7. The van der Waals surface area contributed by atoms with Crippen molar-refractivity contribution in [1.82, 2.24) is 0 Å². The molecule has 1 aliphatic rings. The lowest BCUT2D eigenvalue weighted by Gasteiger charge is -2.20. The lowest BCUT2D eigenvalue weighted by molar-refractivity contribution is 0.0871. The molecule has 0 aliphatic carbocycles. The first-order valence-corrected chi connectivity index (χ1v) is 5.35. The first-order chi connectivity index (χ1) is 7.59. The molecular formula is C13H14F2O. The Morgan fingerprint density at radius 2 is 2.00 bits per heavy atom. The van der Waals surface area contributed by atoms with Gasteiger partial charge in [0.1, 0.15) is 0 Å². The topological polar surface area (TPSA) is 9.23 Å². The number of halogens is 2. The highest BCUT2D eigenvalue weighted by molar-refractivity contribution is 5.67. The van der Waals surface area contributed by atoms with Crippen LogP contribution in [-0.2, 0) is 4.74 Å². The van der Waals surface area contributed by atoms with Gasteiger partial charge in [-0.3, -0.25) is 0 Å². The van der Waals surface area contributed by atoms with Crippen LogP contribution >= 0.6 is 0 Å². The summed E-state index contributed by atoms with van der Waals surface area (Å²) in [5, 5.41) is 0. The minimum atomic E-state index is -0.774. The Labute approximate surface area is 93.7 Å². The minimum Gasteiger partial charge on any atom is -0.373 e. The van der Waals surface area contributed by atoms with Crippen LogP contribution < -0.4 is 0 Å². The summed E-state index contributed by atoms with van der Waals surface area (Å²) in [5.74, 6) is -1.54. The summed E-state index contributed by atoms with van der Waals surface area (Å²) in [5.41, 5.74) is 1.37. The second-order valence-corrected chi connectivity index (χ2v) is 4.14. The van der Waals surface area contributed by atoms with Crippen molar-refractivity contribution >= 4 is 5.57 Å². The molecule has 1 nitrogen and oxygen atoms in total. The standard InChI is InChI=1S/C13H14F2O/c1-8-3-6-11(13(15)12(8)14)10-5-4-9(2)16-7-10/h3,5-6,9H,4,7H2,1-2H3. The Balaban J connectivity index is 2.38. The molecule has 2 rings (SSSR count). The van der Waals surface area contributed by atoms with E-state index in [2.05, 4.69) is 0 Å². The van der Waals surface area contributed by atoms with Crippen LogP contribution in [0.2, 0.25) is 0 Å². The molecule has 0 radical (unpaired) electrons. The molecular weight excluding hydrogens is 210 g/mol. The summed E-state index contributed by atoms with van der Waals surface area (Å²) >= 11 is 0. The quantitative estimate of drug-likeness (QED) is 0.709. The monoisotopic (exact) mass is 224 g/mol. The number of benzene rings is 1. The van der Waals surface area contributed by atoms with Crippen LogP contribution in [0.15, 0.2) is 18.2 Å². The molecule has 1 atom stereocenters. The molecule has 0 N–H and O–H groups in total. The second kappa shape index (κ2) is 4.34. The second-order valence-electron chi connectivity index (χ2n) is 4.14. The van der Waals surface area contributed by atoms with E-state index < -0.39 is 11.6 Å². The van der Waals surface area contributed by atoms with Crippen LogP contribution in [0.4, 0.5) is 8.78 Å². The normalized spacial score (nSPS) is 20.8. The molecule has 86 valence electrons. The molecule has 0 spiro atoms. The number of hydrogen-bond acceptors (Lipinski definition) is 1. The summed E-state index contributed by atoms with van der Waals surface area (Å²) in [6.07, 6.45) is 2.81. The first-order valence-electron chi connectivity index (χ1n) is 5.35. The first kappa shape index (κ1) is 11.3. The molecule has 0 saturated heterocycles. The highest BCUT2D eigenvalue weighted by Crippen LogP contribution is 2.26. The molecule has 0 saturated carbocycles. The number of ether oxygens (including phenoxy) is 1. The predicted octanol–water partition coefficient (Wildman–Crippen LogP) is 3.47. The summed E-state index contributed by atoms with van der Waals surface area (Å²) in [6, 6.07) is 3.20. The lowest BCUT2D eigenvalue weighted by Crippen LogP contribution is -2.15. The molecule has 3 heteroatoms. The van der Waals surface area contributed by atoms with Crippen molar-refractivity contribution in [2.24, 2.45) is 0 Å². The van der Waals surface area contributed by atoms with Crippen LogP contribution in [0.25, 0.3) is 5.57 Å². The zero-order valence-electron chi connectivity index (χ0n) is 9.39. The Morgan fingerprint density at radius 3 is 2.62 bits per heavy atom. The smallest absolute Gasteiger partial charge is 0.166 e. The van der Waals surface area contributed by atoms with E-state index in [1.165, 1.54) is 0 Å². The van der Waals surface area contributed by atoms with Crippen LogP contribution in [0.5, 0.6) is 0 Å². The van der Waals surface area contributed by atoms with Crippen LogP contribution in [0, 0.1) is 18.6 Å². The maximum absolute atomic E-state index is 13.7. The molecule has 1 unspecified atom stereocenters.